The van der Waals surface area contributed by atoms with Gasteiger partial charge in [-0.3, -0.25) is 0 Å². The highest BCUT2D eigenvalue weighted by Crippen LogP contribution is 2.25. The maximum Gasteiger partial charge on any atom is 0.515 e. The van der Waals surface area contributed by atoms with Crippen LogP contribution < -0.4 is 14.4 Å². The van der Waals surface area contributed by atoms with Gasteiger partial charge in [-0.05, 0) is 43.2 Å². The Labute approximate surface area is 177 Å². The van der Waals surface area contributed by atoms with Gasteiger partial charge in [-0.2, -0.15) is 0 Å². The molecule has 1 atom stereocenters. The summed E-state index contributed by atoms with van der Waals surface area (Å²) in [5, 5.41) is 0. The first-order valence-corrected chi connectivity index (χ1v) is 10.0. The van der Waals surface area contributed by atoms with Crippen molar-refractivity contribution in [2.45, 2.75) is 26.5 Å². The number of carbonyl (C=O) groups is 1. The van der Waals surface area contributed by atoms with Gasteiger partial charge in [0.25, 0.3) is 0 Å². The van der Waals surface area contributed by atoms with Crippen molar-refractivity contribution in [2.75, 3.05) is 18.6 Å². The number of hydrogen-bond donors (Lipinski definition) is 0. The van der Waals surface area contributed by atoms with Crippen molar-refractivity contribution in [1.82, 2.24) is 0 Å². The lowest BCUT2D eigenvalue weighted by Crippen LogP contribution is -2.37. The average molecular weight is 405 g/mol. The standard InChI is InChI=1S/C25H27NO4/c1-4-26(22-14-10-15-23(18-22)28-3)19(2)29-25(27)30-24-16-9-8-13-21(24)17-20-11-6-5-7-12-20/h5-16,18-19H,4,17H2,1-3H3. The van der Waals surface area contributed by atoms with E-state index in [-0.39, 0.29) is 0 Å². The van der Waals surface area contributed by atoms with Crippen LogP contribution in [0, 0.1) is 0 Å². The SMILES string of the molecule is CCN(c1cccc(OC)c1)C(C)OC(=O)Oc1ccccc1Cc1ccccc1. The number of carbonyl (C=O) groups excluding carboxylic acids is 1. The molecule has 0 heterocycles. The molecule has 5 nitrogen and oxygen atoms in total. The second kappa shape index (κ2) is 10.3. The summed E-state index contributed by atoms with van der Waals surface area (Å²) < 4.78 is 16.4. The minimum Gasteiger partial charge on any atom is -0.497 e. The fraction of sp³-hybridized carbons (Fsp3) is 0.240. The zero-order chi connectivity index (χ0) is 21.3. The van der Waals surface area contributed by atoms with Crippen LogP contribution in [0.4, 0.5) is 10.5 Å². The number of ether oxygens (including phenoxy) is 3. The van der Waals surface area contributed by atoms with E-state index >= 15 is 0 Å². The molecule has 0 fully saturated rings. The minimum absolute atomic E-state index is 0.503. The van der Waals surface area contributed by atoms with Crippen LogP contribution in [-0.4, -0.2) is 26.0 Å². The van der Waals surface area contributed by atoms with E-state index in [2.05, 4.69) is 0 Å². The fourth-order valence-corrected chi connectivity index (χ4v) is 3.32. The third kappa shape index (κ3) is 5.54. The maximum atomic E-state index is 12.5. The number of methoxy groups -OCH3 is 1. The van der Waals surface area contributed by atoms with Gasteiger partial charge in [0.15, 0.2) is 6.23 Å². The van der Waals surface area contributed by atoms with E-state index in [1.54, 1.807) is 13.2 Å². The number of para-hydroxylation sites is 1. The highest BCUT2D eigenvalue weighted by atomic mass is 16.7. The van der Waals surface area contributed by atoms with Crippen LogP contribution in [0.25, 0.3) is 0 Å². The van der Waals surface area contributed by atoms with Crippen LogP contribution in [-0.2, 0) is 11.2 Å². The van der Waals surface area contributed by atoms with Gasteiger partial charge < -0.3 is 19.1 Å². The summed E-state index contributed by atoms with van der Waals surface area (Å²) in [5.41, 5.74) is 2.97. The Morgan fingerprint density at radius 3 is 2.43 bits per heavy atom. The van der Waals surface area contributed by atoms with Crippen LogP contribution in [0.1, 0.15) is 25.0 Å². The minimum atomic E-state index is -0.732. The molecule has 0 spiro atoms. The highest BCUT2D eigenvalue weighted by Gasteiger charge is 2.20. The van der Waals surface area contributed by atoms with Gasteiger partial charge in [0.1, 0.15) is 11.5 Å². The Morgan fingerprint density at radius 1 is 0.967 bits per heavy atom. The Morgan fingerprint density at radius 2 is 1.70 bits per heavy atom. The topological polar surface area (TPSA) is 48.0 Å². The molecule has 3 rings (SSSR count). The van der Waals surface area contributed by atoms with E-state index in [0.29, 0.717) is 18.7 Å². The van der Waals surface area contributed by atoms with Crippen LogP contribution in [0.5, 0.6) is 11.5 Å². The lowest BCUT2D eigenvalue weighted by atomic mass is 10.0. The Bertz CT molecular complexity index is 958. The molecule has 3 aromatic carbocycles. The van der Waals surface area contributed by atoms with E-state index in [1.165, 1.54) is 0 Å². The molecule has 0 aliphatic carbocycles. The zero-order valence-electron chi connectivity index (χ0n) is 17.6. The summed E-state index contributed by atoms with van der Waals surface area (Å²) in [4.78, 5) is 14.5. The second-order valence-corrected chi connectivity index (χ2v) is 6.83. The molecule has 0 aliphatic heterocycles. The number of hydrogen-bond acceptors (Lipinski definition) is 5. The van der Waals surface area contributed by atoms with Crippen LogP contribution in [0.2, 0.25) is 0 Å². The van der Waals surface area contributed by atoms with Crippen molar-refractivity contribution in [1.29, 1.82) is 0 Å². The molecule has 0 saturated heterocycles. The number of anilines is 1. The molecule has 0 saturated carbocycles. The largest absolute Gasteiger partial charge is 0.515 e. The first-order valence-electron chi connectivity index (χ1n) is 10.0. The molecular weight excluding hydrogens is 378 g/mol. The van der Waals surface area contributed by atoms with Crippen molar-refractivity contribution in [3.63, 3.8) is 0 Å². The third-order valence-corrected chi connectivity index (χ3v) is 4.83. The van der Waals surface area contributed by atoms with Crippen molar-refractivity contribution in [2.24, 2.45) is 0 Å². The first kappa shape index (κ1) is 21.2. The molecule has 3 aromatic rings. The van der Waals surface area contributed by atoms with E-state index < -0.39 is 12.4 Å². The van der Waals surface area contributed by atoms with Crippen molar-refractivity contribution in [3.05, 3.63) is 90.0 Å². The molecule has 1 unspecified atom stereocenters. The van der Waals surface area contributed by atoms with Crippen LogP contribution in [0.15, 0.2) is 78.9 Å². The predicted octanol–water partition coefficient (Wildman–Crippen LogP) is 5.67. The van der Waals surface area contributed by atoms with Gasteiger partial charge in [0.2, 0.25) is 0 Å². The quantitative estimate of drug-likeness (QED) is 0.274. The summed E-state index contributed by atoms with van der Waals surface area (Å²) in [7, 11) is 1.62. The van der Waals surface area contributed by atoms with Gasteiger partial charge in [-0.1, -0.05) is 54.6 Å². The van der Waals surface area contributed by atoms with Crippen molar-refractivity contribution in [3.8, 4) is 11.5 Å². The van der Waals surface area contributed by atoms with E-state index in [4.69, 9.17) is 14.2 Å². The van der Waals surface area contributed by atoms with Gasteiger partial charge >= 0.3 is 6.16 Å². The fourth-order valence-electron chi connectivity index (χ4n) is 3.32. The van der Waals surface area contributed by atoms with Crippen LogP contribution >= 0.6 is 0 Å². The second-order valence-electron chi connectivity index (χ2n) is 6.83. The summed E-state index contributed by atoms with van der Waals surface area (Å²) >= 11 is 0. The van der Waals surface area contributed by atoms with E-state index in [0.717, 1.165) is 22.6 Å². The highest BCUT2D eigenvalue weighted by molar-refractivity contribution is 5.65. The number of nitrogens with zero attached hydrogens (tertiary/aromatic N) is 1. The molecular formula is C25H27NO4. The number of rotatable bonds is 8. The Balaban J connectivity index is 1.67. The van der Waals surface area contributed by atoms with E-state index in [9.17, 15) is 4.79 Å². The van der Waals surface area contributed by atoms with Gasteiger partial charge in [-0.15, -0.1) is 0 Å². The molecule has 30 heavy (non-hydrogen) atoms. The monoisotopic (exact) mass is 405 g/mol. The predicted molar refractivity (Wildman–Crippen MR) is 118 cm³/mol. The Kier molecular flexibility index (Phi) is 7.33. The summed E-state index contributed by atoms with van der Waals surface area (Å²) in [6.45, 7) is 4.48. The molecule has 0 N–H and O–H groups in total. The van der Waals surface area contributed by atoms with Gasteiger partial charge in [0, 0.05) is 24.7 Å². The summed E-state index contributed by atoms with van der Waals surface area (Å²) in [6.07, 6.45) is -0.565. The Hall–Kier alpha value is -3.47. The molecule has 0 amide bonds. The smallest absolute Gasteiger partial charge is 0.497 e. The zero-order valence-corrected chi connectivity index (χ0v) is 17.6. The molecule has 0 aromatic heterocycles. The molecule has 156 valence electrons. The van der Waals surface area contributed by atoms with Crippen LogP contribution in [0.3, 0.4) is 0 Å². The van der Waals surface area contributed by atoms with E-state index in [1.807, 2.05) is 91.5 Å². The molecule has 5 heteroatoms. The summed E-state index contributed by atoms with van der Waals surface area (Å²) in [5.74, 6) is 1.25. The van der Waals surface area contributed by atoms with Gasteiger partial charge in [-0.25, -0.2) is 4.79 Å². The third-order valence-electron chi connectivity index (χ3n) is 4.83. The molecule has 0 aliphatic rings. The lowest BCUT2D eigenvalue weighted by Gasteiger charge is -2.29. The lowest BCUT2D eigenvalue weighted by molar-refractivity contribution is 0.0643. The molecule has 0 bridgehead atoms. The summed E-state index contributed by atoms with van der Waals surface area (Å²) in [6, 6.07) is 25.2. The van der Waals surface area contributed by atoms with Crippen molar-refractivity contribution >= 4 is 11.8 Å². The molecule has 0 radical (unpaired) electrons. The van der Waals surface area contributed by atoms with Crippen molar-refractivity contribution < 1.29 is 19.0 Å². The first-order chi connectivity index (χ1) is 14.6. The normalized spacial score (nSPS) is 11.4. The van der Waals surface area contributed by atoms with Gasteiger partial charge in [0.05, 0.1) is 7.11 Å². The average Bonchev–Trinajstić information content (AvgIpc) is 2.76. The number of benzene rings is 3. The maximum absolute atomic E-state index is 12.5.